The molecule has 130 valence electrons. The van der Waals surface area contributed by atoms with Gasteiger partial charge in [-0.1, -0.05) is 18.2 Å². The summed E-state index contributed by atoms with van der Waals surface area (Å²) in [6, 6.07) is 12.7. The van der Waals surface area contributed by atoms with Gasteiger partial charge in [-0.25, -0.2) is 0 Å². The quantitative estimate of drug-likeness (QED) is 0.610. The first kappa shape index (κ1) is 17.5. The summed E-state index contributed by atoms with van der Waals surface area (Å²) in [7, 11) is 0. The fourth-order valence-electron chi connectivity index (χ4n) is 3.03. The van der Waals surface area contributed by atoms with Gasteiger partial charge in [0.1, 0.15) is 0 Å². The molecule has 2 aromatic rings. The van der Waals surface area contributed by atoms with E-state index in [4.69, 9.17) is 0 Å². The second-order valence-electron chi connectivity index (χ2n) is 6.19. The third kappa shape index (κ3) is 4.39. The molecule has 3 rings (SSSR count). The van der Waals surface area contributed by atoms with Crippen LogP contribution in [0.2, 0.25) is 0 Å². The predicted molar refractivity (Wildman–Crippen MR) is 101 cm³/mol. The summed E-state index contributed by atoms with van der Waals surface area (Å²) in [5, 5.41) is 13.8. The van der Waals surface area contributed by atoms with E-state index < -0.39 is 4.92 Å². The van der Waals surface area contributed by atoms with Gasteiger partial charge >= 0.3 is 0 Å². The topological polar surface area (TPSA) is 72.2 Å². The summed E-state index contributed by atoms with van der Waals surface area (Å²) in [6.07, 6.45) is 3.39. The zero-order valence-corrected chi connectivity index (χ0v) is 14.8. The van der Waals surface area contributed by atoms with Crippen LogP contribution in [0.15, 0.2) is 42.5 Å². The van der Waals surface area contributed by atoms with E-state index in [2.05, 4.69) is 17.4 Å². The van der Waals surface area contributed by atoms with Crippen LogP contribution in [0, 0.1) is 10.1 Å². The number of thioether (sulfide) groups is 1. The lowest BCUT2D eigenvalue weighted by Crippen LogP contribution is -2.15. The number of nitro benzene ring substituents is 1. The van der Waals surface area contributed by atoms with Crippen molar-refractivity contribution in [2.24, 2.45) is 0 Å². The first-order valence-corrected chi connectivity index (χ1v) is 9.35. The SMILES string of the molecule is C[C@@H](SCC(=O)Nc1ccc2c(c1)CCC2)c1cccc([N+](=O)[O-])c1. The summed E-state index contributed by atoms with van der Waals surface area (Å²) < 4.78 is 0. The van der Waals surface area contributed by atoms with E-state index >= 15 is 0 Å². The Bertz CT molecular complexity index is 807. The van der Waals surface area contributed by atoms with Gasteiger partial charge < -0.3 is 5.32 Å². The molecule has 5 nitrogen and oxygen atoms in total. The van der Waals surface area contributed by atoms with Gasteiger partial charge in [0, 0.05) is 23.1 Å². The van der Waals surface area contributed by atoms with Crippen molar-refractivity contribution < 1.29 is 9.72 Å². The minimum absolute atomic E-state index is 0.00525. The summed E-state index contributed by atoms with van der Waals surface area (Å²) in [6.45, 7) is 1.95. The maximum Gasteiger partial charge on any atom is 0.269 e. The molecule has 1 N–H and O–H groups in total. The van der Waals surface area contributed by atoms with Crippen molar-refractivity contribution in [1.29, 1.82) is 0 Å². The molecule has 0 radical (unpaired) electrons. The molecular weight excluding hydrogens is 336 g/mol. The van der Waals surface area contributed by atoms with Crippen LogP contribution in [-0.2, 0) is 17.6 Å². The average Bonchev–Trinajstić information content (AvgIpc) is 3.07. The lowest BCUT2D eigenvalue weighted by atomic mass is 10.1. The predicted octanol–water partition coefficient (Wildman–Crippen LogP) is 4.52. The molecule has 0 saturated carbocycles. The van der Waals surface area contributed by atoms with Crippen LogP contribution in [0.4, 0.5) is 11.4 Å². The van der Waals surface area contributed by atoms with Crippen molar-refractivity contribution in [3.63, 3.8) is 0 Å². The molecule has 1 atom stereocenters. The molecule has 0 heterocycles. The number of nitrogens with one attached hydrogen (secondary N) is 1. The Kier molecular flexibility index (Phi) is 5.38. The smallest absolute Gasteiger partial charge is 0.269 e. The number of non-ortho nitro benzene ring substituents is 1. The Labute approximate surface area is 151 Å². The number of carbonyl (C=O) groups excluding carboxylic acids is 1. The third-order valence-corrected chi connectivity index (χ3v) is 5.60. The molecule has 1 aliphatic carbocycles. The summed E-state index contributed by atoms with van der Waals surface area (Å²) in [5.41, 5.74) is 4.48. The van der Waals surface area contributed by atoms with E-state index in [1.54, 1.807) is 12.1 Å². The number of hydrogen-bond acceptors (Lipinski definition) is 4. The van der Waals surface area contributed by atoms with E-state index in [1.165, 1.54) is 35.4 Å². The van der Waals surface area contributed by atoms with E-state index in [9.17, 15) is 14.9 Å². The maximum absolute atomic E-state index is 12.2. The Morgan fingerprint density at radius 1 is 1.24 bits per heavy atom. The van der Waals surface area contributed by atoms with Crippen molar-refractivity contribution in [3.8, 4) is 0 Å². The Morgan fingerprint density at radius 3 is 2.84 bits per heavy atom. The average molecular weight is 356 g/mol. The molecule has 0 spiro atoms. The molecular formula is C19H20N2O3S. The van der Waals surface area contributed by atoms with Gasteiger partial charge in [0.2, 0.25) is 5.91 Å². The molecule has 0 bridgehead atoms. The molecule has 2 aromatic carbocycles. The fraction of sp³-hybridized carbons (Fsp3) is 0.316. The summed E-state index contributed by atoms with van der Waals surface area (Å²) in [5.74, 6) is 0.251. The summed E-state index contributed by atoms with van der Waals surface area (Å²) >= 11 is 1.47. The second kappa shape index (κ2) is 7.70. The number of anilines is 1. The molecule has 0 fully saturated rings. The summed E-state index contributed by atoms with van der Waals surface area (Å²) in [4.78, 5) is 22.6. The van der Waals surface area contributed by atoms with Gasteiger partial charge in [-0.15, -0.1) is 11.8 Å². The number of amides is 1. The van der Waals surface area contributed by atoms with Gasteiger partial charge in [0.25, 0.3) is 5.69 Å². The van der Waals surface area contributed by atoms with E-state index in [-0.39, 0.29) is 16.8 Å². The molecule has 25 heavy (non-hydrogen) atoms. The van der Waals surface area contributed by atoms with Crippen LogP contribution in [0.25, 0.3) is 0 Å². The molecule has 0 unspecified atom stereocenters. The maximum atomic E-state index is 12.2. The van der Waals surface area contributed by atoms with Crippen molar-refractivity contribution >= 4 is 29.0 Å². The fourth-order valence-corrected chi connectivity index (χ4v) is 3.85. The normalized spacial score (nSPS) is 14.0. The van der Waals surface area contributed by atoms with E-state index in [0.717, 1.165) is 24.1 Å². The number of aryl methyl sites for hydroxylation is 2. The highest BCUT2D eigenvalue weighted by Crippen LogP contribution is 2.30. The van der Waals surface area contributed by atoms with Crippen molar-refractivity contribution in [1.82, 2.24) is 0 Å². The van der Waals surface area contributed by atoms with Crippen LogP contribution in [0.5, 0.6) is 0 Å². The molecule has 1 amide bonds. The van der Waals surface area contributed by atoms with Crippen LogP contribution < -0.4 is 5.32 Å². The van der Waals surface area contributed by atoms with Gasteiger partial charge in [-0.05, 0) is 55.0 Å². The zero-order valence-electron chi connectivity index (χ0n) is 14.0. The van der Waals surface area contributed by atoms with Crippen molar-refractivity contribution in [2.45, 2.75) is 31.4 Å². The highest BCUT2D eigenvalue weighted by atomic mass is 32.2. The Hall–Kier alpha value is -2.34. The lowest BCUT2D eigenvalue weighted by molar-refractivity contribution is -0.384. The highest BCUT2D eigenvalue weighted by Gasteiger charge is 2.14. The molecule has 0 aliphatic heterocycles. The Balaban J connectivity index is 1.55. The number of fused-ring (bicyclic) bond motifs is 1. The molecule has 1 aliphatic rings. The van der Waals surface area contributed by atoms with Crippen LogP contribution >= 0.6 is 11.8 Å². The third-order valence-electron chi connectivity index (χ3n) is 4.40. The minimum atomic E-state index is -0.401. The second-order valence-corrected chi connectivity index (χ2v) is 7.52. The standard InChI is InChI=1S/C19H20N2O3S/c1-13(15-5-3-7-18(11-15)21(23)24)25-12-19(22)20-17-9-8-14-4-2-6-16(14)10-17/h3,5,7-11,13H,2,4,6,12H2,1H3,(H,20,22)/t13-/m1/s1. The Morgan fingerprint density at radius 2 is 2.04 bits per heavy atom. The van der Waals surface area contributed by atoms with Gasteiger partial charge in [0.15, 0.2) is 0 Å². The zero-order chi connectivity index (χ0) is 17.8. The first-order chi connectivity index (χ1) is 12.0. The number of rotatable bonds is 6. The monoisotopic (exact) mass is 356 g/mol. The minimum Gasteiger partial charge on any atom is -0.325 e. The van der Waals surface area contributed by atoms with Crippen LogP contribution in [0.3, 0.4) is 0 Å². The van der Waals surface area contributed by atoms with Gasteiger partial charge in [-0.2, -0.15) is 0 Å². The van der Waals surface area contributed by atoms with Crippen LogP contribution in [-0.4, -0.2) is 16.6 Å². The number of hydrogen-bond donors (Lipinski definition) is 1. The van der Waals surface area contributed by atoms with Crippen LogP contribution in [0.1, 0.15) is 35.3 Å². The largest absolute Gasteiger partial charge is 0.325 e. The van der Waals surface area contributed by atoms with E-state index in [1.807, 2.05) is 19.1 Å². The van der Waals surface area contributed by atoms with Crippen molar-refractivity contribution in [2.75, 3.05) is 11.1 Å². The number of nitro groups is 1. The first-order valence-electron chi connectivity index (χ1n) is 8.30. The molecule has 0 saturated heterocycles. The molecule has 0 aromatic heterocycles. The molecule has 6 heteroatoms. The highest BCUT2D eigenvalue weighted by molar-refractivity contribution is 8.00. The lowest BCUT2D eigenvalue weighted by Gasteiger charge is -2.12. The van der Waals surface area contributed by atoms with Crippen molar-refractivity contribution in [3.05, 3.63) is 69.3 Å². The van der Waals surface area contributed by atoms with Gasteiger partial charge in [-0.3, -0.25) is 14.9 Å². The number of nitrogens with zero attached hydrogens (tertiary/aromatic N) is 1. The van der Waals surface area contributed by atoms with Gasteiger partial charge in [0.05, 0.1) is 10.7 Å². The van der Waals surface area contributed by atoms with E-state index in [0.29, 0.717) is 5.75 Å². The number of benzene rings is 2. The number of carbonyl (C=O) groups is 1.